The first-order valence-corrected chi connectivity index (χ1v) is 10.2. The first kappa shape index (κ1) is 19.7. The van der Waals surface area contributed by atoms with Crippen molar-refractivity contribution in [2.24, 2.45) is 0 Å². The van der Waals surface area contributed by atoms with Crippen LogP contribution in [0, 0.1) is 0 Å². The number of H-pyrrole nitrogens is 2. The largest absolute Gasteiger partial charge is 0.350 e. The molecule has 4 aromatic rings. The molecule has 3 heterocycles. The van der Waals surface area contributed by atoms with Gasteiger partial charge in [0.15, 0.2) is 0 Å². The number of hydrogen-bond donors (Lipinski definition) is 4. The highest BCUT2D eigenvalue weighted by Gasteiger charge is 2.27. The molecule has 32 heavy (non-hydrogen) atoms. The van der Waals surface area contributed by atoms with E-state index >= 15 is 0 Å². The van der Waals surface area contributed by atoms with Gasteiger partial charge in [0.1, 0.15) is 11.3 Å². The van der Waals surface area contributed by atoms with Gasteiger partial charge >= 0.3 is 5.69 Å². The van der Waals surface area contributed by atoms with Gasteiger partial charge in [-0.2, -0.15) is 5.10 Å². The van der Waals surface area contributed by atoms with Crippen molar-refractivity contribution in [2.75, 3.05) is 13.1 Å². The van der Waals surface area contributed by atoms with Gasteiger partial charge in [0.05, 0.1) is 16.5 Å². The summed E-state index contributed by atoms with van der Waals surface area (Å²) in [6, 6.07) is 8.71. The summed E-state index contributed by atoms with van der Waals surface area (Å²) in [5.74, 6) is -0.769. The number of amides is 2. The van der Waals surface area contributed by atoms with E-state index in [0.29, 0.717) is 16.6 Å². The molecule has 0 radical (unpaired) electrons. The lowest BCUT2D eigenvalue weighted by Crippen LogP contribution is -2.35. The number of fused-ring (bicyclic) bond motifs is 2. The van der Waals surface area contributed by atoms with Crippen LogP contribution in [-0.2, 0) is 0 Å². The number of nitrogens with one attached hydrogen (secondary N) is 4. The Hall–Kier alpha value is -4.28. The monoisotopic (exact) mass is 433 g/mol. The molecule has 1 aliphatic rings. The molecule has 0 spiro atoms. The number of aromatic nitrogens is 5. The van der Waals surface area contributed by atoms with E-state index in [0.717, 1.165) is 12.8 Å². The van der Waals surface area contributed by atoms with E-state index < -0.39 is 17.2 Å². The van der Waals surface area contributed by atoms with Crippen molar-refractivity contribution in [1.82, 2.24) is 35.4 Å². The van der Waals surface area contributed by atoms with Crippen LogP contribution in [0.1, 0.15) is 39.7 Å². The Kier molecular flexibility index (Phi) is 4.77. The number of pyridine rings is 1. The molecule has 1 fully saturated rings. The van der Waals surface area contributed by atoms with Crippen LogP contribution >= 0.6 is 0 Å². The minimum Gasteiger partial charge on any atom is -0.350 e. The maximum atomic E-state index is 12.5. The van der Waals surface area contributed by atoms with Crippen LogP contribution in [0.3, 0.4) is 0 Å². The molecular formula is C21H19N7O4. The third kappa shape index (κ3) is 3.53. The van der Waals surface area contributed by atoms with E-state index in [-0.39, 0.29) is 41.6 Å². The molecule has 3 aromatic heterocycles. The number of rotatable bonds is 6. The Morgan fingerprint density at radius 3 is 2.59 bits per heavy atom. The van der Waals surface area contributed by atoms with Crippen molar-refractivity contribution in [3.8, 4) is 0 Å². The quantitative estimate of drug-likeness (QED) is 0.324. The summed E-state index contributed by atoms with van der Waals surface area (Å²) >= 11 is 0. The van der Waals surface area contributed by atoms with Crippen molar-refractivity contribution in [3.05, 3.63) is 68.6 Å². The molecule has 4 N–H and O–H groups in total. The zero-order valence-electron chi connectivity index (χ0n) is 16.8. The van der Waals surface area contributed by atoms with Gasteiger partial charge in [-0.25, -0.2) is 9.78 Å². The third-order valence-corrected chi connectivity index (χ3v) is 5.34. The van der Waals surface area contributed by atoms with Crippen LogP contribution in [0.25, 0.3) is 21.9 Å². The molecule has 162 valence electrons. The molecule has 11 heteroatoms. The normalized spacial score (nSPS) is 13.4. The molecule has 1 aliphatic carbocycles. The summed E-state index contributed by atoms with van der Waals surface area (Å²) < 4.78 is 1.47. The highest BCUT2D eigenvalue weighted by atomic mass is 16.2. The first-order chi connectivity index (χ1) is 15.5. The van der Waals surface area contributed by atoms with E-state index in [1.807, 2.05) is 12.1 Å². The molecule has 0 unspecified atom stereocenters. The van der Waals surface area contributed by atoms with Crippen molar-refractivity contribution in [1.29, 1.82) is 0 Å². The average molecular weight is 433 g/mol. The Labute approximate surface area is 179 Å². The second-order valence-corrected chi connectivity index (χ2v) is 7.58. The number of nitrogens with zero attached hydrogens (tertiary/aromatic N) is 3. The molecule has 0 saturated heterocycles. The summed E-state index contributed by atoms with van der Waals surface area (Å²) in [6.07, 6.45) is 3.04. The standard InChI is InChI=1S/C21H19N7O4/c29-18(22-7-8-23-20(31)16-13-3-1-2-4-15(13)26-27-16)11-9-14-17(24-10-11)28(12-5-6-12)21(32)25-19(14)30/h1-4,9-10,12H,5-8H2,(H,22,29)(H,23,31)(H,26,27)(H,25,30,32). The number of aromatic amines is 2. The van der Waals surface area contributed by atoms with Gasteiger partial charge in [-0.1, -0.05) is 18.2 Å². The maximum absolute atomic E-state index is 12.5. The first-order valence-electron chi connectivity index (χ1n) is 10.2. The Bertz CT molecular complexity index is 1480. The lowest BCUT2D eigenvalue weighted by atomic mass is 10.2. The average Bonchev–Trinajstić information content (AvgIpc) is 3.53. The van der Waals surface area contributed by atoms with Crippen molar-refractivity contribution >= 4 is 33.8 Å². The minimum absolute atomic E-state index is 0.0321. The van der Waals surface area contributed by atoms with Crippen LogP contribution in [-0.4, -0.2) is 49.6 Å². The molecular weight excluding hydrogens is 414 g/mol. The number of para-hydroxylation sites is 1. The van der Waals surface area contributed by atoms with Gasteiger partial charge in [0.2, 0.25) is 0 Å². The van der Waals surface area contributed by atoms with Crippen molar-refractivity contribution in [2.45, 2.75) is 18.9 Å². The summed E-state index contributed by atoms with van der Waals surface area (Å²) in [4.78, 5) is 55.6. The van der Waals surface area contributed by atoms with Gasteiger partial charge in [-0.05, 0) is 25.0 Å². The van der Waals surface area contributed by atoms with Crippen molar-refractivity contribution in [3.63, 3.8) is 0 Å². The van der Waals surface area contributed by atoms with E-state index in [2.05, 4.69) is 30.8 Å². The zero-order chi connectivity index (χ0) is 22.2. The molecule has 5 rings (SSSR count). The Morgan fingerprint density at radius 1 is 1.06 bits per heavy atom. The van der Waals surface area contributed by atoms with E-state index in [1.54, 1.807) is 12.1 Å². The minimum atomic E-state index is -0.580. The highest BCUT2D eigenvalue weighted by Crippen LogP contribution is 2.34. The van der Waals surface area contributed by atoms with E-state index in [1.165, 1.54) is 16.8 Å². The molecule has 1 saturated carbocycles. The highest BCUT2D eigenvalue weighted by molar-refractivity contribution is 6.04. The van der Waals surface area contributed by atoms with Crippen molar-refractivity contribution < 1.29 is 9.59 Å². The number of hydrogen-bond acceptors (Lipinski definition) is 6. The SMILES string of the molecule is O=C(NCCNC(=O)c1[nH]nc2ccccc12)c1cnc2c(c1)c(=O)[nH]c(=O)n2C1CC1. The van der Waals surface area contributed by atoms with E-state index in [4.69, 9.17) is 0 Å². The van der Waals surface area contributed by atoms with Crippen LogP contribution in [0.2, 0.25) is 0 Å². The molecule has 11 nitrogen and oxygen atoms in total. The fourth-order valence-corrected chi connectivity index (χ4v) is 3.61. The summed E-state index contributed by atoms with van der Waals surface area (Å²) in [6.45, 7) is 0.368. The molecule has 0 atom stereocenters. The van der Waals surface area contributed by atoms with Gasteiger partial charge < -0.3 is 10.6 Å². The second kappa shape index (κ2) is 7.76. The van der Waals surface area contributed by atoms with E-state index in [9.17, 15) is 19.2 Å². The summed E-state index contributed by atoms with van der Waals surface area (Å²) in [7, 11) is 0. The predicted octanol–water partition coefficient (Wildman–Crippen LogP) is 0.456. The van der Waals surface area contributed by atoms with Crippen LogP contribution in [0.5, 0.6) is 0 Å². The molecule has 2 amide bonds. The number of benzene rings is 1. The maximum Gasteiger partial charge on any atom is 0.330 e. The zero-order valence-corrected chi connectivity index (χ0v) is 16.8. The van der Waals surface area contributed by atoms with Gasteiger partial charge in [0.25, 0.3) is 17.4 Å². The van der Waals surface area contributed by atoms with Crippen LogP contribution in [0.4, 0.5) is 0 Å². The molecule has 1 aromatic carbocycles. The Balaban J connectivity index is 1.24. The van der Waals surface area contributed by atoms with Gasteiger partial charge in [-0.3, -0.25) is 29.0 Å². The summed E-state index contributed by atoms with van der Waals surface area (Å²) in [5.41, 5.74) is 0.439. The molecule has 0 aliphatic heterocycles. The lowest BCUT2D eigenvalue weighted by molar-refractivity contribution is 0.0926. The fraction of sp³-hybridized carbons (Fsp3) is 0.238. The summed E-state index contributed by atoms with van der Waals surface area (Å²) in [5, 5.41) is 13.1. The van der Waals surface area contributed by atoms with Gasteiger partial charge in [0, 0.05) is 30.7 Å². The lowest BCUT2D eigenvalue weighted by Gasteiger charge is -2.09. The smallest absolute Gasteiger partial charge is 0.330 e. The second-order valence-electron chi connectivity index (χ2n) is 7.58. The topological polar surface area (TPSA) is 155 Å². The molecule has 0 bridgehead atoms. The third-order valence-electron chi connectivity index (χ3n) is 5.34. The Morgan fingerprint density at radius 2 is 1.81 bits per heavy atom. The van der Waals surface area contributed by atoms with Gasteiger partial charge in [-0.15, -0.1) is 0 Å². The number of carbonyl (C=O) groups excluding carboxylic acids is 2. The fourth-order valence-electron chi connectivity index (χ4n) is 3.61. The predicted molar refractivity (Wildman–Crippen MR) is 116 cm³/mol. The number of carbonyl (C=O) groups is 2. The van der Waals surface area contributed by atoms with Crippen LogP contribution in [0.15, 0.2) is 46.1 Å². The van der Waals surface area contributed by atoms with Crippen LogP contribution < -0.4 is 21.9 Å².